The van der Waals surface area contributed by atoms with Gasteiger partial charge in [0.1, 0.15) is 0 Å². The number of urea groups is 2. The number of fused-ring (bicyclic) bond motifs is 3. The van der Waals surface area contributed by atoms with E-state index in [1.807, 2.05) is 38.1 Å². The molecule has 7 heteroatoms. The van der Waals surface area contributed by atoms with E-state index < -0.39 is 0 Å². The Morgan fingerprint density at radius 3 is 2.42 bits per heavy atom. The van der Waals surface area contributed by atoms with Crippen LogP contribution in [-0.4, -0.2) is 60.4 Å². The SMILES string of the molecule is CCCNC(=O)N1C[C@H]2[C@@H](c3ccccc31)[C@@H](CO)N2C(=O)NCCC. The summed E-state index contributed by atoms with van der Waals surface area (Å²) in [4.78, 5) is 28.6. The molecule has 4 amide bonds. The molecule has 0 unspecified atom stereocenters. The van der Waals surface area contributed by atoms with Crippen LogP contribution in [0.4, 0.5) is 15.3 Å². The predicted molar refractivity (Wildman–Crippen MR) is 100 cm³/mol. The van der Waals surface area contributed by atoms with Crippen molar-refractivity contribution in [3.8, 4) is 0 Å². The van der Waals surface area contributed by atoms with Crippen molar-refractivity contribution in [2.75, 3.05) is 31.1 Å². The third-order valence-corrected chi connectivity index (χ3v) is 5.22. The zero-order valence-electron chi connectivity index (χ0n) is 15.4. The Morgan fingerprint density at radius 2 is 1.77 bits per heavy atom. The summed E-state index contributed by atoms with van der Waals surface area (Å²) in [5, 5.41) is 15.7. The van der Waals surface area contributed by atoms with Crippen molar-refractivity contribution in [2.45, 2.75) is 44.7 Å². The second-order valence-corrected chi connectivity index (χ2v) is 6.88. The van der Waals surface area contributed by atoms with Crippen LogP contribution in [0.25, 0.3) is 0 Å². The number of likely N-dealkylation sites (tertiary alicyclic amines) is 1. The first kappa shape index (κ1) is 18.5. The summed E-state index contributed by atoms with van der Waals surface area (Å²) in [6.45, 7) is 5.58. The predicted octanol–water partition coefficient (Wildman–Crippen LogP) is 1.87. The van der Waals surface area contributed by atoms with Crippen LogP contribution in [0.15, 0.2) is 24.3 Å². The number of hydrogen-bond acceptors (Lipinski definition) is 3. The topological polar surface area (TPSA) is 84.9 Å². The highest BCUT2D eigenvalue weighted by Gasteiger charge is 2.55. The maximum atomic E-state index is 12.6. The molecule has 1 saturated heterocycles. The minimum Gasteiger partial charge on any atom is -0.394 e. The molecule has 1 fully saturated rings. The van der Waals surface area contributed by atoms with Gasteiger partial charge in [0.2, 0.25) is 0 Å². The van der Waals surface area contributed by atoms with Gasteiger partial charge < -0.3 is 20.6 Å². The minimum absolute atomic E-state index is 0.0544. The fourth-order valence-corrected chi connectivity index (χ4v) is 4.01. The molecule has 0 aliphatic carbocycles. The largest absolute Gasteiger partial charge is 0.394 e. The lowest BCUT2D eigenvalue weighted by molar-refractivity contribution is -0.00687. The van der Waals surface area contributed by atoms with Crippen molar-refractivity contribution >= 4 is 17.7 Å². The Hall–Kier alpha value is -2.28. The van der Waals surface area contributed by atoms with Gasteiger partial charge in [0, 0.05) is 31.2 Å². The second kappa shape index (κ2) is 7.95. The molecular weight excluding hydrogens is 332 g/mol. The van der Waals surface area contributed by atoms with Crippen LogP contribution in [0.2, 0.25) is 0 Å². The Bertz CT molecular complexity index is 666. The Morgan fingerprint density at radius 1 is 1.12 bits per heavy atom. The standard InChI is InChI=1S/C19H28N4O3/c1-3-9-20-18(25)22-11-15-17(13-7-5-6-8-14(13)22)16(12-24)23(15)19(26)21-10-4-2/h5-8,15-17,24H,3-4,9-12H2,1-2H3,(H,20,25)(H,21,26)/t15-,16+,17+/m0/s1. The minimum atomic E-state index is -0.251. The third-order valence-electron chi connectivity index (χ3n) is 5.22. The molecule has 0 spiro atoms. The molecule has 1 aromatic rings. The summed E-state index contributed by atoms with van der Waals surface area (Å²) in [5.41, 5.74) is 1.89. The van der Waals surface area contributed by atoms with E-state index in [4.69, 9.17) is 0 Å². The van der Waals surface area contributed by atoms with Gasteiger partial charge in [-0.15, -0.1) is 0 Å². The van der Waals surface area contributed by atoms with Crippen molar-refractivity contribution < 1.29 is 14.7 Å². The monoisotopic (exact) mass is 360 g/mol. The van der Waals surface area contributed by atoms with E-state index in [1.54, 1.807) is 9.80 Å². The number of aliphatic hydroxyl groups is 1. The molecule has 2 heterocycles. The van der Waals surface area contributed by atoms with E-state index in [-0.39, 0.29) is 36.7 Å². The Labute approximate surface area is 154 Å². The summed E-state index contributed by atoms with van der Waals surface area (Å²) in [7, 11) is 0. The van der Waals surface area contributed by atoms with Crippen molar-refractivity contribution in [2.24, 2.45) is 0 Å². The second-order valence-electron chi connectivity index (χ2n) is 6.88. The third kappa shape index (κ3) is 3.11. The first-order valence-corrected chi connectivity index (χ1v) is 9.45. The van der Waals surface area contributed by atoms with Gasteiger partial charge in [-0.2, -0.15) is 0 Å². The Balaban J connectivity index is 1.88. The molecule has 0 radical (unpaired) electrons. The first-order chi connectivity index (χ1) is 12.6. The summed E-state index contributed by atoms with van der Waals surface area (Å²) >= 11 is 0. The number of amides is 4. The molecule has 3 atom stereocenters. The summed E-state index contributed by atoms with van der Waals surface area (Å²) in [6, 6.07) is 7.11. The van der Waals surface area contributed by atoms with Gasteiger partial charge in [-0.25, -0.2) is 9.59 Å². The molecule has 142 valence electrons. The number of nitrogens with one attached hydrogen (secondary N) is 2. The van der Waals surface area contributed by atoms with Crippen LogP contribution in [0, 0.1) is 0 Å². The average Bonchev–Trinajstić information content (AvgIpc) is 2.64. The lowest BCUT2D eigenvalue weighted by Gasteiger charge is -2.58. The summed E-state index contributed by atoms with van der Waals surface area (Å²) in [5.74, 6) is 0.0544. The average molecular weight is 360 g/mol. The molecule has 3 rings (SSSR count). The zero-order chi connectivity index (χ0) is 18.7. The van der Waals surface area contributed by atoms with Crippen LogP contribution in [0.5, 0.6) is 0 Å². The van der Waals surface area contributed by atoms with E-state index in [2.05, 4.69) is 10.6 Å². The van der Waals surface area contributed by atoms with Crippen LogP contribution in [-0.2, 0) is 0 Å². The molecule has 0 bridgehead atoms. The highest BCUT2D eigenvalue weighted by atomic mass is 16.3. The quantitative estimate of drug-likeness (QED) is 0.749. The fourth-order valence-electron chi connectivity index (χ4n) is 4.01. The molecule has 2 aliphatic rings. The van der Waals surface area contributed by atoms with E-state index in [0.717, 1.165) is 24.1 Å². The number of anilines is 1. The Kier molecular flexibility index (Phi) is 5.66. The highest BCUT2D eigenvalue weighted by Crippen LogP contribution is 2.48. The highest BCUT2D eigenvalue weighted by molar-refractivity contribution is 5.94. The number of benzene rings is 1. The van der Waals surface area contributed by atoms with Gasteiger partial charge >= 0.3 is 12.1 Å². The van der Waals surface area contributed by atoms with Crippen molar-refractivity contribution in [3.63, 3.8) is 0 Å². The number of rotatable bonds is 5. The van der Waals surface area contributed by atoms with Crippen LogP contribution >= 0.6 is 0 Å². The lowest BCUT2D eigenvalue weighted by atomic mass is 9.72. The number of hydrogen-bond donors (Lipinski definition) is 3. The number of nitrogens with zero attached hydrogens (tertiary/aromatic N) is 2. The summed E-state index contributed by atoms with van der Waals surface area (Å²) in [6.07, 6.45) is 1.72. The maximum absolute atomic E-state index is 12.6. The maximum Gasteiger partial charge on any atom is 0.321 e. The summed E-state index contributed by atoms with van der Waals surface area (Å²) < 4.78 is 0. The number of para-hydroxylation sites is 1. The van der Waals surface area contributed by atoms with Crippen LogP contribution < -0.4 is 15.5 Å². The van der Waals surface area contributed by atoms with Gasteiger partial charge in [-0.1, -0.05) is 32.0 Å². The van der Waals surface area contributed by atoms with E-state index >= 15 is 0 Å². The van der Waals surface area contributed by atoms with E-state index in [0.29, 0.717) is 19.6 Å². The van der Waals surface area contributed by atoms with Gasteiger partial charge in [0.05, 0.1) is 18.7 Å². The van der Waals surface area contributed by atoms with Crippen molar-refractivity contribution in [1.29, 1.82) is 0 Å². The normalized spacial score (nSPS) is 23.6. The van der Waals surface area contributed by atoms with Crippen LogP contribution in [0.1, 0.15) is 38.2 Å². The molecule has 26 heavy (non-hydrogen) atoms. The number of aliphatic hydroxyl groups excluding tert-OH is 1. The molecule has 3 N–H and O–H groups in total. The molecule has 1 aromatic carbocycles. The number of carbonyl (C=O) groups excluding carboxylic acids is 2. The molecule has 2 aliphatic heterocycles. The smallest absolute Gasteiger partial charge is 0.321 e. The van der Waals surface area contributed by atoms with Crippen molar-refractivity contribution in [1.82, 2.24) is 15.5 Å². The molecule has 7 nitrogen and oxygen atoms in total. The van der Waals surface area contributed by atoms with Gasteiger partial charge in [-0.3, -0.25) is 4.90 Å². The van der Waals surface area contributed by atoms with Gasteiger partial charge in [0.25, 0.3) is 0 Å². The molecular formula is C19H28N4O3. The first-order valence-electron chi connectivity index (χ1n) is 9.45. The van der Waals surface area contributed by atoms with E-state index in [1.165, 1.54) is 0 Å². The molecule has 0 aromatic heterocycles. The number of carbonyl (C=O) groups is 2. The molecule has 0 saturated carbocycles. The van der Waals surface area contributed by atoms with E-state index in [9.17, 15) is 14.7 Å². The van der Waals surface area contributed by atoms with Gasteiger partial charge in [0.15, 0.2) is 0 Å². The fraction of sp³-hybridized carbons (Fsp3) is 0.579. The lowest BCUT2D eigenvalue weighted by Crippen LogP contribution is -2.72. The van der Waals surface area contributed by atoms with Crippen LogP contribution in [0.3, 0.4) is 0 Å². The van der Waals surface area contributed by atoms with Gasteiger partial charge in [-0.05, 0) is 24.5 Å². The van der Waals surface area contributed by atoms with Crippen molar-refractivity contribution in [3.05, 3.63) is 29.8 Å². The zero-order valence-corrected chi connectivity index (χ0v) is 15.4.